The van der Waals surface area contributed by atoms with Crippen LogP contribution in [0.4, 0.5) is 4.79 Å². The molecule has 2 unspecified atom stereocenters. The van der Waals surface area contributed by atoms with Crippen LogP contribution in [0, 0.1) is 11.8 Å². The first-order valence-corrected chi connectivity index (χ1v) is 8.96. The number of nitrogens with zero attached hydrogens (tertiary/aromatic N) is 1. The summed E-state index contributed by atoms with van der Waals surface area (Å²) >= 11 is 0. The van der Waals surface area contributed by atoms with Crippen molar-refractivity contribution in [2.75, 3.05) is 19.6 Å². The van der Waals surface area contributed by atoms with Gasteiger partial charge >= 0.3 is 6.09 Å². The zero-order chi connectivity index (χ0) is 18.2. The van der Waals surface area contributed by atoms with Crippen molar-refractivity contribution < 1.29 is 14.3 Å². The molecule has 2 atom stereocenters. The van der Waals surface area contributed by atoms with Gasteiger partial charge in [0, 0.05) is 19.6 Å². The molecule has 6 heteroatoms. The van der Waals surface area contributed by atoms with Crippen molar-refractivity contribution in [2.24, 2.45) is 17.6 Å². The monoisotopic (exact) mass is 347 g/mol. The SMILES string of the molecule is CC(C)C(N)C(=O)N1CCCC(CNC(=O)OCc2ccccc2)C1. The van der Waals surface area contributed by atoms with Gasteiger partial charge in [0.25, 0.3) is 0 Å². The van der Waals surface area contributed by atoms with Gasteiger partial charge < -0.3 is 20.7 Å². The van der Waals surface area contributed by atoms with Crippen molar-refractivity contribution in [3.63, 3.8) is 0 Å². The van der Waals surface area contributed by atoms with Crippen LogP contribution in [0.3, 0.4) is 0 Å². The molecule has 1 fully saturated rings. The molecule has 6 nitrogen and oxygen atoms in total. The Kier molecular flexibility index (Phi) is 7.25. The van der Waals surface area contributed by atoms with E-state index in [2.05, 4.69) is 5.32 Å². The molecule has 0 saturated carbocycles. The number of carbonyl (C=O) groups excluding carboxylic acids is 2. The van der Waals surface area contributed by atoms with Gasteiger partial charge in [-0.25, -0.2) is 4.79 Å². The topological polar surface area (TPSA) is 84.7 Å². The largest absolute Gasteiger partial charge is 0.445 e. The van der Waals surface area contributed by atoms with Gasteiger partial charge in [0.15, 0.2) is 0 Å². The van der Waals surface area contributed by atoms with E-state index in [0.29, 0.717) is 13.1 Å². The maximum atomic E-state index is 12.4. The van der Waals surface area contributed by atoms with E-state index in [1.54, 1.807) is 0 Å². The summed E-state index contributed by atoms with van der Waals surface area (Å²) in [5, 5.41) is 2.80. The predicted molar refractivity (Wildman–Crippen MR) is 96.7 cm³/mol. The van der Waals surface area contributed by atoms with Crippen LogP contribution in [0.5, 0.6) is 0 Å². The molecular formula is C19H29N3O3. The molecule has 1 aromatic rings. The number of rotatable bonds is 6. The van der Waals surface area contributed by atoms with Crippen LogP contribution in [-0.4, -0.2) is 42.6 Å². The lowest BCUT2D eigenvalue weighted by atomic mass is 9.96. The van der Waals surface area contributed by atoms with E-state index in [1.807, 2.05) is 49.1 Å². The summed E-state index contributed by atoms with van der Waals surface area (Å²) in [5.41, 5.74) is 6.93. The number of amides is 2. The van der Waals surface area contributed by atoms with Crippen LogP contribution in [0.25, 0.3) is 0 Å². The number of hydrogen-bond donors (Lipinski definition) is 2. The third kappa shape index (κ3) is 6.05. The molecular weight excluding hydrogens is 318 g/mol. The van der Waals surface area contributed by atoms with Crippen LogP contribution in [0.15, 0.2) is 30.3 Å². The Hall–Kier alpha value is -2.08. The number of piperidine rings is 1. The van der Waals surface area contributed by atoms with Crippen LogP contribution >= 0.6 is 0 Å². The number of likely N-dealkylation sites (tertiary alicyclic amines) is 1. The first-order valence-electron chi connectivity index (χ1n) is 8.96. The van der Waals surface area contributed by atoms with Gasteiger partial charge in [-0.05, 0) is 30.2 Å². The fraction of sp³-hybridized carbons (Fsp3) is 0.579. The highest BCUT2D eigenvalue weighted by molar-refractivity contribution is 5.82. The molecule has 25 heavy (non-hydrogen) atoms. The highest BCUT2D eigenvalue weighted by Crippen LogP contribution is 2.17. The summed E-state index contributed by atoms with van der Waals surface area (Å²) in [6.07, 6.45) is 1.49. The number of ether oxygens (including phenoxy) is 1. The molecule has 2 rings (SSSR count). The first kappa shape index (κ1) is 19.2. The Morgan fingerprint density at radius 3 is 2.72 bits per heavy atom. The van der Waals surface area contributed by atoms with Gasteiger partial charge in [-0.3, -0.25) is 4.79 Å². The van der Waals surface area contributed by atoms with Crippen molar-refractivity contribution in [2.45, 2.75) is 39.3 Å². The van der Waals surface area contributed by atoms with E-state index in [9.17, 15) is 9.59 Å². The van der Waals surface area contributed by atoms with Crippen LogP contribution in [-0.2, 0) is 16.1 Å². The lowest BCUT2D eigenvalue weighted by molar-refractivity contribution is -0.135. The van der Waals surface area contributed by atoms with E-state index in [-0.39, 0.29) is 24.3 Å². The molecule has 1 aromatic carbocycles. The van der Waals surface area contributed by atoms with E-state index in [0.717, 1.165) is 24.9 Å². The second-order valence-corrected chi connectivity index (χ2v) is 7.00. The van der Waals surface area contributed by atoms with Gasteiger partial charge in [0.2, 0.25) is 5.91 Å². The highest BCUT2D eigenvalue weighted by Gasteiger charge is 2.28. The number of nitrogens with one attached hydrogen (secondary N) is 1. The van der Waals surface area contributed by atoms with Gasteiger partial charge in [-0.2, -0.15) is 0 Å². The van der Waals surface area contributed by atoms with Crippen LogP contribution < -0.4 is 11.1 Å². The Bertz CT molecular complexity index is 562. The first-order chi connectivity index (χ1) is 12.0. The van der Waals surface area contributed by atoms with Crippen molar-refractivity contribution in [3.05, 3.63) is 35.9 Å². The van der Waals surface area contributed by atoms with E-state index >= 15 is 0 Å². The standard InChI is InChI=1S/C19H29N3O3/c1-14(2)17(20)18(23)22-10-6-9-16(12-22)11-21-19(24)25-13-15-7-4-3-5-8-15/h3-5,7-8,14,16-17H,6,9-13,20H2,1-2H3,(H,21,24). The van der Waals surface area contributed by atoms with Gasteiger partial charge in [-0.1, -0.05) is 44.2 Å². The maximum Gasteiger partial charge on any atom is 0.407 e. The number of carbonyl (C=O) groups is 2. The summed E-state index contributed by atoms with van der Waals surface area (Å²) in [4.78, 5) is 26.0. The number of benzene rings is 1. The summed E-state index contributed by atoms with van der Waals surface area (Å²) in [6.45, 7) is 6.05. The van der Waals surface area contributed by atoms with Crippen LogP contribution in [0.2, 0.25) is 0 Å². The summed E-state index contributed by atoms with van der Waals surface area (Å²) in [7, 11) is 0. The molecule has 3 N–H and O–H groups in total. The molecule has 1 heterocycles. The number of alkyl carbamates (subject to hydrolysis) is 1. The predicted octanol–water partition coefficient (Wildman–Crippen LogP) is 2.13. The quantitative estimate of drug-likeness (QED) is 0.826. The Morgan fingerprint density at radius 1 is 1.32 bits per heavy atom. The number of hydrogen-bond acceptors (Lipinski definition) is 4. The van der Waals surface area contributed by atoms with Crippen molar-refractivity contribution in [3.8, 4) is 0 Å². The summed E-state index contributed by atoms with van der Waals surface area (Å²) in [6, 6.07) is 9.11. The Balaban J connectivity index is 1.73. The minimum absolute atomic E-state index is 0.00588. The molecule has 2 amide bonds. The molecule has 1 aliphatic heterocycles. The maximum absolute atomic E-state index is 12.4. The molecule has 0 radical (unpaired) electrons. The normalized spacial score (nSPS) is 18.7. The molecule has 0 bridgehead atoms. The second kappa shape index (κ2) is 9.42. The highest BCUT2D eigenvalue weighted by atomic mass is 16.5. The fourth-order valence-corrected chi connectivity index (χ4v) is 2.93. The van der Waals surface area contributed by atoms with Gasteiger partial charge in [0.05, 0.1) is 6.04 Å². The van der Waals surface area contributed by atoms with Crippen LogP contribution in [0.1, 0.15) is 32.3 Å². The zero-order valence-electron chi connectivity index (χ0n) is 15.1. The minimum Gasteiger partial charge on any atom is -0.445 e. The zero-order valence-corrected chi connectivity index (χ0v) is 15.1. The molecule has 0 aromatic heterocycles. The van der Waals surface area contributed by atoms with Gasteiger partial charge in [0.1, 0.15) is 6.61 Å². The van der Waals surface area contributed by atoms with Gasteiger partial charge in [-0.15, -0.1) is 0 Å². The minimum atomic E-state index is -0.456. The third-order valence-electron chi connectivity index (χ3n) is 4.58. The second-order valence-electron chi connectivity index (χ2n) is 7.00. The van der Waals surface area contributed by atoms with Crippen molar-refractivity contribution in [1.29, 1.82) is 0 Å². The third-order valence-corrected chi connectivity index (χ3v) is 4.58. The number of nitrogens with two attached hydrogens (primary N) is 1. The van der Waals surface area contributed by atoms with Crippen molar-refractivity contribution in [1.82, 2.24) is 10.2 Å². The lowest BCUT2D eigenvalue weighted by Crippen LogP contribution is -2.51. The average molecular weight is 347 g/mol. The van der Waals surface area contributed by atoms with Crippen molar-refractivity contribution >= 4 is 12.0 Å². The lowest BCUT2D eigenvalue weighted by Gasteiger charge is -2.35. The molecule has 1 aliphatic rings. The molecule has 1 saturated heterocycles. The fourth-order valence-electron chi connectivity index (χ4n) is 2.93. The smallest absolute Gasteiger partial charge is 0.407 e. The van der Waals surface area contributed by atoms with E-state index in [4.69, 9.17) is 10.5 Å². The molecule has 138 valence electrons. The summed E-state index contributed by atoms with van der Waals surface area (Å²) in [5.74, 6) is 0.367. The molecule has 0 spiro atoms. The Labute approximate surface area is 149 Å². The van der Waals surface area contributed by atoms with E-state index in [1.165, 1.54) is 0 Å². The molecule has 0 aliphatic carbocycles. The van der Waals surface area contributed by atoms with E-state index < -0.39 is 12.1 Å². The Morgan fingerprint density at radius 2 is 2.04 bits per heavy atom. The summed E-state index contributed by atoms with van der Waals surface area (Å²) < 4.78 is 5.21. The average Bonchev–Trinajstić information content (AvgIpc) is 2.64.